The van der Waals surface area contributed by atoms with Gasteiger partial charge in [0, 0.05) is 25.0 Å². The van der Waals surface area contributed by atoms with Crippen molar-refractivity contribution in [1.29, 1.82) is 5.26 Å². The summed E-state index contributed by atoms with van der Waals surface area (Å²) in [4.78, 5) is 6.27. The lowest BCUT2D eigenvalue weighted by molar-refractivity contribution is 0.744. The molecule has 0 aliphatic carbocycles. The molecule has 0 saturated heterocycles. The fourth-order valence-electron chi connectivity index (χ4n) is 1.59. The third-order valence-corrected chi connectivity index (χ3v) is 2.21. The van der Waals surface area contributed by atoms with E-state index >= 15 is 0 Å². The smallest absolute Gasteiger partial charge is 0.142 e. The van der Waals surface area contributed by atoms with Crippen LogP contribution in [0.2, 0.25) is 0 Å². The summed E-state index contributed by atoms with van der Waals surface area (Å²) < 4.78 is 0. The van der Waals surface area contributed by atoms with E-state index in [0.717, 1.165) is 31.6 Å². The fraction of sp³-hybridized carbons (Fsp3) is 0.500. The Morgan fingerprint density at radius 3 is 2.53 bits per heavy atom. The molecule has 1 aromatic rings. The van der Waals surface area contributed by atoms with Gasteiger partial charge in [-0.25, -0.2) is 4.98 Å². The SMILES string of the molecule is CCCN(CCC)c1ccnc(C#N)c1. The quantitative estimate of drug-likeness (QED) is 0.738. The average molecular weight is 203 g/mol. The van der Waals surface area contributed by atoms with Crippen LogP contribution in [0.15, 0.2) is 18.3 Å². The van der Waals surface area contributed by atoms with Crippen LogP contribution in [0.1, 0.15) is 32.4 Å². The average Bonchev–Trinajstić information content (AvgIpc) is 2.29. The lowest BCUT2D eigenvalue weighted by atomic mass is 10.2. The zero-order chi connectivity index (χ0) is 11.1. The van der Waals surface area contributed by atoms with Crippen LogP contribution in [0.25, 0.3) is 0 Å². The number of hydrogen-bond donors (Lipinski definition) is 0. The van der Waals surface area contributed by atoms with Gasteiger partial charge in [-0.1, -0.05) is 13.8 Å². The van der Waals surface area contributed by atoms with Crippen molar-refractivity contribution in [1.82, 2.24) is 4.98 Å². The number of anilines is 1. The maximum Gasteiger partial charge on any atom is 0.142 e. The maximum atomic E-state index is 8.77. The summed E-state index contributed by atoms with van der Waals surface area (Å²) in [6, 6.07) is 5.89. The zero-order valence-electron chi connectivity index (χ0n) is 9.40. The summed E-state index contributed by atoms with van der Waals surface area (Å²) in [5, 5.41) is 8.77. The number of rotatable bonds is 5. The number of hydrogen-bond acceptors (Lipinski definition) is 3. The standard InChI is InChI=1S/C12H17N3/c1-3-7-15(8-4-2)12-5-6-14-11(9-12)10-13/h5-6,9H,3-4,7-8H2,1-2H3. The first-order valence-electron chi connectivity index (χ1n) is 5.43. The molecule has 15 heavy (non-hydrogen) atoms. The Kier molecular flexibility index (Phi) is 4.62. The van der Waals surface area contributed by atoms with Gasteiger partial charge in [0.2, 0.25) is 0 Å². The third kappa shape index (κ3) is 3.25. The normalized spacial score (nSPS) is 9.67. The van der Waals surface area contributed by atoms with Crippen LogP contribution in [0, 0.1) is 11.3 Å². The summed E-state index contributed by atoms with van der Waals surface area (Å²) in [6.45, 7) is 6.38. The van der Waals surface area contributed by atoms with Crippen molar-refractivity contribution in [2.45, 2.75) is 26.7 Å². The minimum absolute atomic E-state index is 0.490. The molecule has 3 nitrogen and oxygen atoms in total. The lowest BCUT2D eigenvalue weighted by Crippen LogP contribution is -2.24. The van der Waals surface area contributed by atoms with Gasteiger partial charge in [0.1, 0.15) is 11.8 Å². The molecule has 0 aliphatic heterocycles. The van der Waals surface area contributed by atoms with Gasteiger partial charge in [-0.3, -0.25) is 0 Å². The Morgan fingerprint density at radius 2 is 2.00 bits per heavy atom. The molecule has 0 atom stereocenters. The molecule has 0 spiro atoms. The molecule has 0 radical (unpaired) electrons. The van der Waals surface area contributed by atoms with Crippen molar-refractivity contribution in [3.8, 4) is 6.07 Å². The predicted octanol–water partition coefficient (Wildman–Crippen LogP) is 2.58. The molecule has 0 aromatic carbocycles. The summed E-state index contributed by atoms with van der Waals surface area (Å²) in [6.07, 6.45) is 3.93. The van der Waals surface area contributed by atoms with Crippen molar-refractivity contribution < 1.29 is 0 Å². The molecular weight excluding hydrogens is 186 g/mol. The van der Waals surface area contributed by atoms with Crippen LogP contribution in [0.5, 0.6) is 0 Å². The number of nitriles is 1. The van der Waals surface area contributed by atoms with E-state index in [2.05, 4.69) is 29.8 Å². The molecule has 0 saturated carbocycles. The van der Waals surface area contributed by atoms with Gasteiger partial charge in [-0.15, -0.1) is 0 Å². The van der Waals surface area contributed by atoms with E-state index in [1.165, 1.54) is 0 Å². The molecule has 1 heterocycles. The fourth-order valence-corrected chi connectivity index (χ4v) is 1.59. The van der Waals surface area contributed by atoms with Gasteiger partial charge >= 0.3 is 0 Å². The second-order valence-electron chi connectivity index (χ2n) is 3.50. The Bertz CT molecular complexity index is 335. The van der Waals surface area contributed by atoms with Gasteiger partial charge in [-0.2, -0.15) is 5.26 Å². The Hall–Kier alpha value is -1.56. The minimum Gasteiger partial charge on any atom is -0.371 e. The van der Waals surface area contributed by atoms with Crippen LogP contribution >= 0.6 is 0 Å². The molecule has 0 bridgehead atoms. The zero-order valence-corrected chi connectivity index (χ0v) is 9.40. The van der Waals surface area contributed by atoms with E-state index in [9.17, 15) is 0 Å². The molecular formula is C12H17N3. The Balaban J connectivity index is 2.85. The Morgan fingerprint density at radius 1 is 1.33 bits per heavy atom. The second kappa shape index (κ2) is 6.02. The van der Waals surface area contributed by atoms with Crippen molar-refractivity contribution >= 4 is 5.69 Å². The summed E-state index contributed by atoms with van der Waals surface area (Å²) >= 11 is 0. The van der Waals surface area contributed by atoms with Crippen LogP contribution in [-0.2, 0) is 0 Å². The molecule has 1 aromatic heterocycles. The highest BCUT2D eigenvalue weighted by Crippen LogP contribution is 2.14. The topological polar surface area (TPSA) is 39.9 Å². The molecule has 0 fully saturated rings. The van der Waals surface area contributed by atoms with E-state index in [1.54, 1.807) is 6.20 Å². The summed E-state index contributed by atoms with van der Waals surface area (Å²) in [5.41, 5.74) is 1.59. The molecule has 3 heteroatoms. The number of pyridine rings is 1. The summed E-state index contributed by atoms with van der Waals surface area (Å²) in [5.74, 6) is 0. The highest BCUT2D eigenvalue weighted by atomic mass is 15.1. The second-order valence-corrected chi connectivity index (χ2v) is 3.50. The van der Waals surface area contributed by atoms with E-state index in [1.807, 2.05) is 12.1 Å². The monoisotopic (exact) mass is 203 g/mol. The molecule has 0 N–H and O–H groups in total. The molecule has 1 rings (SSSR count). The van der Waals surface area contributed by atoms with Crippen LogP contribution in [-0.4, -0.2) is 18.1 Å². The highest BCUT2D eigenvalue weighted by molar-refractivity contribution is 5.48. The van der Waals surface area contributed by atoms with Crippen LogP contribution in [0.3, 0.4) is 0 Å². The Labute approximate surface area is 91.4 Å². The van der Waals surface area contributed by atoms with E-state index in [-0.39, 0.29) is 0 Å². The first-order chi connectivity index (χ1) is 7.31. The van der Waals surface area contributed by atoms with Crippen molar-refractivity contribution in [2.24, 2.45) is 0 Å². The largest absolute Gasteiger partial charge is 0.371 e. The van der Waals surface area contributed by atoms with E-state index in [4.69, 9.17) is 5.26 Å². The first-order valence-corrected chi connectivity index (χ1v) is 5.43. The predicted molar refractivity (Wildman–Crippen MR) is 61.7 cm³/mol. The van der Waals surface area contributed by atoms with Crippen molar-refractivity contribution in [2.75, 3.05) is 18.0 Å². The number of nitrogens with zero attached hydrogens (tertiary/aromatic N) is 3. The molecule has 0 amide bonds. The van der Waals surface area contributed by atoms with Crippen LogP contribution < -0.4 is 4.90 Å². The van der Waals surface area contributed by atoms with Crippen LogP contribution in [0.4, 0.5) is 5.69 Å². The van der Waals surface area contributed by atoms with E-state index in [0.29, 0.717) is 5.69 Å². The molecule has 0 unspecified atom stereocenters. The van der Waals surface area contributed by atoms with Gasteiger partial charge < -0.3 is 4.90 Å². The molecule has 80 valence electrons. The van der Waals surface area contributed by atoms with Crippen molar-refractivity contribution in [3.63, 3.8) is 0 Å². The summed E-state index contributed by atoms with van der Waals surface area (Å²) in [7, 11) is 0. The third-order valence-electron chi connectivity index (χ3n) is 2.21. The number of aromatic nitrogens is 1. The van der Waals surface area contributed by atoms with Gasteiger partial charge in [0.25, 0.3) is 0 Å². The van der Waals surface area contributed by atoms with Gasteiger partial charge in [-0.05, 0) is 25.0 Å². The molecule has 0 aliphatic rings. The van der Waals surface area contributed by atoms with Crippen molar-refractivity contribution in [3.05, 3.63) is 24.0 Å². The lowest BCUT2D eigenvalue weighted by Gasteiger charge is -2.23. The first kappa shape index (κ1) is 11.5. The maximum absolute atomic E-state index is 8.77. The van der Waals surface area contributed by atoms with Gasteiger partial charge in [0.15, 0.2) is 0 Å². The minimum atomic E-state index is 0.490. The highest BCUT2D eigenvalue weighted by Gasteiger charge is 2.05. The van der Waals surface area contributed by atoms with Gasteiger partial charge in [0.05, 0.1) is 0 Å². The van der Waals surface area contributed by atoms with E-state index < -0.39 is 0 Å².